The van der Waals surface area contributed by atoms with Gasteiger partial charge >= 0.3 is 0 Å². The van der Waals surface area contributed by atoms with Gasteiger partial charge in [-0.15, -0.1) is 11.8 Å². The van der Waals surface area contributed by atoms with Gasteiger partial charge in [0.1, 0.15) is 0 Å². The van der Waals surface area contributed by atoms with Gasteiger partial charge in [-0.05, 0) is 37.7 Å². The van der Waals surface area contributed by atoms with Crippen molar-refractivity contribution in [3.63, 3.8) is 0 Å². The van der Waals surface area contributed by atoms with Crippen LogP contribution in [0.15, 0.2) is 29.2 Å². The molecule has 21 heavy (non-hydrogen) atoms. The Kier molecular flexibility index (Phi) is 7.04. The molecule has 0 radical (unpaired) electrons. The van der Waals surface area contributed by atoms with Gasteiger partial charge in [0.25, 0.3) is 0 Å². The standard InChI is InChI=1S/C17H28N2OS/c1-4-18-14(3)15-7-6-8-17(11-15)21-13-16-12-19(5-2)9-10-20-16/h6-8,11,14,16,18H,4-5,9-10,12-13H2,1-3H3. The summed E-state index contributed by atoms with van der Waals surface area (Å²) in [5, 5.41) is 3.47. The van der Waals surface area contributed by atoms with Crippen LogP contribution in [0.2, 0.25) is 0 Å². The molecule has 0 aliphatic carbocycles. The van der Waals surface area contributed by atoms with Crippen molar-refractivity contribution in [2.75, 3.05) is 38.5 Å². The Morgan fingerprint density at radius 2 is 2.29 bits per heavy atom. The highest BCUT2D eigenvalue weighted by Crippen LogP contribution is 2.24. The van der Waals surface area contributed by atoms with Crippen LogP contribution >= 0.6 is 11.8 Å². The quantitative estimate of drug-likeness (QED) is 0.782. The van der Waals surface area contributed by atoms with E-state index < -0.39 is 0 Å². The Bertz CT molecular complexity index is 427. The number of rotatable bonds is 7. The van der Waals surface area contributed by atoms with Gasteiger partial charge in [-0.3, -0.25) is 4.90 Å². The van der Waals surface area contributed by atoms with Crippen LogP contribution in [-0.4, -0.2) is 49.5 Å². The SMILES string of the molecule is CCNC(C)c1cccc(SCC2CN(CC)CCO2)c1. The molecule has 0 bridgehead atoms. The maximum Gasteiger partial charge on any atom is 0.0796 e. The normalized spacial score (nSPS) is 21.4. The number of benzene rings is 1. The van der Waals surface area contributed by atoms with Gasteiger partial charge in [-0.25, -0.2) is 0 Å². The van der Waals surface area contributed by atoms with Crippen LogP contribution < -0.4 is 5.32 Å². The lowest BCUT2D eigenvalue weighted by Gasteiger charge is -2.31. The van der Waals surface area contributed by atoms with Crippen LogP contribution in [-0.2, 0) is 4.74 Å². The summed E-state index contributed by atoms with van der Waals surface area (Å²) < 4.78 is 5.87. The van der Waals surface area contributed by atoms with E-state index in [0.29, 0.717) is 12.1 Å². The van der Waals surface area contributed by atoms with E-state index in [4.69, 9.17) is 4.74 Å². The van der Waals surface area contributed by atoms with Gasteiger partial charge in [0.15, 0.2) is 0 Å². The lowest BCUT2D eigenvalue weighted by atomic mass is 10.1. The molecule has 118 valence electrons. The zero-order chi connectivity index (χ0) is 15.1. The number of nitrogens with one attached hydrogen (secondary N) is 1. The van der Waals surface area contributed by atoms with E-state index in [9.17, 15) is 0 Å². The summed E-state index contributed by atoms with van der Waals surface area (Å²) >= 11 is 1.91. The van der Waals surface area contributed by atoms with Gasteiger partial charge < -0.3 is 10.1 Å². The van der Waals surface area contributed by atoms with Crippen LogP contribution in [0.4, 0.5) is 0 Å². The Morgan fingerprint density at radius 3 is 3.05 bits per heavy atom. The summed E-state index contributed by atoms with van der Waals surface area (Å²) in [6, 6.07) is 9.28. The second kappa shape index (κ2) is 8.79. The van der Waals surface area contributed by atoms with Crippen molar-refractivity contribution in [1.82, 2.24) is 10.2 Å². The van der Waals surface area contributed by atoms with Gasteiger partial charge in [0, 0.05) is 29.8 Å². The van der Waals surface area contributed by atoms with E-state index in [1.54, 1.807) is 0 Å². The molecule has 1 aliphatic rings. The summed E-state index contributed by atoms with van der Waals surface area (Å²) in [6.45, 7) is 11.7. The molecule has 1 aromatic carbocycles. The molecule has 2 rings (SSSR count). The Labute approximate surface area is 133 Å². The highest BCUT2D eigenvalue weighted by molar-refractivity contribution is 7.99. The van der Waals surface area contributed by atoms with Gasteiger partial charge in [-0.1, -0.05) is 26.0 Å². The second-order valence-corrected chi connectivity index (χ2v) is 6.64. The molecular formula is C17H28N2OS. The van der Waals surface area contributed by atoms with E-state index in [1.807, 2.05) is 11.8 Å². The summed E-state index contributed by atoms with van der Waals surface area (Å²) in [6.07, 6.45) is 0.360. The van der Waals surface area contributed by atoms with Gasteiger partial charge in [0.05, 0.1) is 12.7 Å². The molecule has 4 heteroatoms. The Balaban J connectivity index is 1.86. The first-order chi connectivity index (χ1) is 10.2. The highest BCUT2D eigenvalue weighted by Gasteiger charge is 2.19. The van der Waals surface area contributed by atoms with E-state index in [2.05, 4.69) is 55.3 Å². The minimum atomic E-state index is 0.360. The first kappa shape index (κ1) is 16.8. The zero-order valence-corrected chi connectivity index (χ0v) is 14.3. The number of morpholine rings is 1. The molecule has 1 fully saturated rings. The molecule has 1 heterocycles. The lowest BCUT2D eigenvalue weighted by Crippen LogP contribution is -2.43. The predicted octanol–water partition coefficient (Wildman–Crippen LogP) is 3.17. The molecule has 1 N–H and O–H groups in total. The van der Waals surface area contributed by atoms with Crippen molar-refractivity contribution in [2.24, 2.45) is 0 Å². The van der Waals surface area contributed by atoms with Crippen molar-refractivity contribution >= 4 is 11.8 Å². The average molecular weight is 308 g/mol. The van der Waals surface area contributed by atoms with E-state index >= 15 is 0 Å². The molecule has 1 aromatic rings. The topological polar surface area (TPSA) is 24.5 Å². The molecule has 1 saturated heterocycles. The molecular weight excluding hydrogens is 280 g/mol. The maximum absolute atomic E-state index is 5.87. The predicted molar refractivity (Wildman–Crippen MR) is 91.1 cm³/mol. The highest BCUT2D eigenvalue weighted by atomic mass is 32.2. The number of hydrogen-bond donors (Lipinski definition) is 1. The largest absolute Gasteiger partial charge is 0.375 e. The fraction of sp³-hybridized carbons (Fsp3) is 0.647. The van der Waals surface area contributed by atoms with E-state index in [0.717, 1.165) is 38.5 Å². The fourth-order valence-corrected chi connectivity index (χ4v) is 3.63. The molecule has 3 nitrogen and oxygen atoms in total. The van der Waals surface area contributed by atoms with E-state index in [1.165, 1.54) is 10.5 Å². The van der Waals surface area contributed by atoms with E-state index in [-0.39, 0.29) is 0 Å². The molecule has 0 spiro atoms. The number of ether oxygens (including phenoxy) is 1. The maximum atomic E-state index is 5.87. The minimum absolute atomic E-state index is 0.360. The monoisotopic (exact) mass is 308 g/mol. The molecule has 0 saturated carbocycles. The van der Waals surface area contributed by atoms with Gasteiger partial charge in [-0.2, -0.15) is 0 Å². The average Bonchev–Trinajstić information content (AvgIpc) is 2.53. The number of nitrogens with zero attached hydrogens (tertiary/aromatic N) is 1. The van der Waals surface area contributed by atoms with Crippen LogP contribution in [0.25, 0.3) is 0 Å². The summed E-state index contributed by atoms with van der Waals surface area (Å²) in [7, 11) is 0. The number of hydrogen-bond acceptors (Lipinski definition) is 4. The van der Waals surface area contributed by atoms with Crippen molar-refractivity contribution in [2.45, 2.75) is 37.8 Å². The Hall–Kier alpha value is -0.550. The van der Waals surface area contributed by atoms with Crippen LogP contribution in [0, 0.1) is 0 Å². The van der Waals surface area contributed by atoms with Crippen LogP contribution in [0.1, 0.15) is 32.4 Å². The summed E-state index contributed by atoms with van der Waals surface area (Å²) in [4.78, 5) is 3.81. The Morgan fingerprint density at radius 1 is 1.43 bits per heavy atom. The van der Waals surface area contributed by atoms with Gasteiger partial charge in [0.2, 0.25) is 0 Å². The second-order valence-electron chi connectivity index (χ2n) is 5.55. The summed E-state index contributed by atoms with van der Waals surface area (Å²) in [5.74, 6) is 1.04. The first-order valence-corrected chi connectivity index (χ1v) is 9.01. The molecule has 2 unspecified atom stereocenters. The third-order valence-electron chi connectivity index (χ3n) is 3.97. The smallest absolute Gasteiger partial charge is 0.0796 e. The van der Waals surface area contributed by atoms with Crippen molar-refractivity contribution < 1.29 is 4.74 Å². The number of likely N-dealkylation sites (N-methyl/N-ethyl adjacent to an activating group) is 1. The lowest BCUT2D eigenvalue weighted by molar-refractivity contribution is -0.0137. The third-order valence-corrected chi connectivity index (χ3v) is 5.10. The van der Waals surface area contributed by atoms with Crippen LogP contribution in [0.5, 0.6) is 0 Å². The number of thioether (sulfide) groups is 1. The molecule has 0 aromatic heterocycles. The first-order valence-electron chi connectivity index (χ1n) is 8.03. The third kappa shape index (κ3) is 5.29. The minimum Gasteiger partial charge on any atom is -0.375 e. The summed E-state index contributed by atoms with van der Waals surface area (Å²) in [5.41, 5.74) is 1.36. The zero-order valence-electron chi connectivity index (χ0n) is 13.5. The van der Waals surface area contributed by atoms with Crippen molar-refractivity contribution in [3.05, 3.63) is 29.8 Å². The fourth-order valence-electron chi connectivity index (χ4n) is 2.66. The van der Waals surface area contributed by atoms with Crippen molar-refractivity contribution in [3.8, 4) is 0 Å². The van der Waals surface area contributed by atoms with Crippen LogP contribution in [0.3, 0.4) is 0 Å². The molecule has 2 atom stereocenters. The molecule has 0 amide bonds. The van der Waals surface area contributed by atoms with Crippen molar-refractivity contribution in [1.29, 1.82) is 0 Å². The molecule has 1 aliphatic heterocycles.